The van der Waals surface area contributed by atoms with Gasteiger partial charge < -0.3 is 13.3 Å². The molecule has 1 aliphatic rings. The van der Waals surface area contributed by atoms with E-state index in [1.807, 2.05) is 0 Å². The Morgan fingerprint density at radius 3 is 1.79 bits per heavy atom. The quantitative estimate of drug-likeness (QED) is 0.643. The van der Waals surface area contributed by atoms with Crippen molar-refractivity contribution < 1.29 is 13.3 Å². The highest BCUT2D eigenvalue weighted by atomic mass is 28.4. The first-order valence-corrected chi connectivity index (χ1v) is 6.90. The molecule has 14 heavy (non-hydrogen) atoms. The minimum absolute atomic E-state index is 0.255. The van der Waals surface area contributed by atoms with Crippen molar-refractivity contribution in [2.45, 2.75) is 25.4 Å². The van der Waals surface area contributed by atoms with Gasteiger partial charge in [0.05, 0.1) is 5.67 Å². The van der Waals surface area contributed by atoms with Gasteiger partial charge in [-0.15, -0.1) is 0 Å². The molecule has 0 aromatic rings. The van der Waals surface area contributed by atoms with Gasteiger partial charge in [0.2, 0.25) is 0 Å². The van der Waals surface area contributed by atoms with Crippen molar-refractivity contribution >= 4 is 8.80 Å². The van der Waals surface area contributed by atoms with E-state index in [-0.39, 0.29) is 5.67 Å². The minimum Gasteiger partial charge on any atom is -0.376 e. The first-order chi connectivity index (χ1) is 6.70. The average Bonchev–Trinajstić information content (AvgIpc) is 2.74. The van der Waals surface area contributed by atoms with E-state index in [1.165, 1.54) is 12.8 Å². The van der Waals surface area contributed by atoms with Gasteiger partial charge in [-0.2, -0.15) is 0 Å². The lowest BCUT2D eigenvalue weighted by atomic mass is 10.4. The molecule has 84 valence electrons. The summed E-state index contributed by atoms with van der Waals surface area (Å²) in [7, 11) is 2.56. The first-order valence-electron chi connectivity index (χ1n) is 5.09. The van der Waals surface area contributed by atoms with Gasteiger partial charge in [-0.3, -0.25) is 4.90 Å². The maximum Gasteiger partial charge on any atom is 0.517 e. The largest absolute Gasteiger partial charge is 0.517 e. The van der Waals surface area contributed by atoms with Crippen LogP contribution in [0, 0.1) is 0 Å². The topological polar surface area (TPSA) is 30.9 Å². The van der Waals surface area contributed by atoms with E-state index >= 15 is 0 Å². The molecule has 4 nitrogen and oxygen atoms in total. The third-order valence-corrected chi connectivity index (χ3v) is 6.15. The molecule has 0 spiro atoms. The van der Waals surface area contributed by atoms with Gasteiger partial charge in [0.15, 0.2) is 0 Å². The van der Waals surface area contributed by atoms with E-state index in [9.17, 15) is 0 Å². The first kappa shape index (κ1) is 12.1. The van der Waals surface area contributed by atoms with Crippen molar-refractivity contribution in [1.82, 2.24) is 4.90 Å². The molecule has 0 aromatic carbocycles. The summed E-state index contributed by atoms with van der Waals surface area (Å²) >= 11 is 0. The predicted molar refractivity (Wildman–Crippen MR) is 57.1 cm³/mol. The zero-order chi connectivity index (χ0) is 10.6. The molecule has 0 radical (unpaired) electrons. The van der Waals surface area contributed by atoms with Crippen molar-refractivity contribution in [1.29, 1.82) is 0 Å². The molecule has 0 aliphatic carbocycles. The van der Waals surface area contributed by atoms with Gasteiger partial charge in [0, 0.05) is 21.3 Å². The molecule has 1 aliphatic heterocycles. The maximum atomic E-state index is 5.46. The Morgan fingerprint density at radius 1 is 1.00 bits per heavy atom. The summed E-state index contributed by atoms with van der Waals surface area (Å²) in [6.45, 7) is 4.39. The van der Waals surface area contributed by atoms with Gasteiger partial charge in [-0.05, 0) is 32.9 Å². The second-order valence-corrected chi connectivity index (χ2v) is 6.90. The lowest BCUT2D eigenvalue weighted by molar-refractivity contribution is 0.0853. The number of hydrogen-bond donors (Lipinski definition) is 0. The van der Waals surface area contributed by atoms with Gasteiger partial charge in [0.1, 0.15) is 0 Å². The van der Waals surface area contributed by atoms with Crippen molar-refractivity contribution in [3.05, 3.63) is 0 Å². The highest BCUT2D eigenvalue weighted by molar-refractivity contribution is 6.62. The molecule has 1 rings (SSSR count). The monoisotopic (exact) mass is 219 g/mol. The highest BCUT2D eigenvalue weighted by Crippen LogP contribution is 2.21. The number of likely N-dealkylation sites (tertiary alicyclic amines) is 1. The summed E-state index contributed by atoms with van der Waals surface area (Å²) in [5.74, 6) is 0. The van der Waals surface area contributed by atoms with Crippen LogP contribution in [-0.2, 0) is 13.3 Å². The summed E-state index contributed by atoms with van der Waals surface area (Å²) in [6.07, 6.45) is 2.54. The number of hydrogen-bond acceptors (Lipinski definition) is 4. The summed E-state index contributed by atoms with van der Waals surface area (Å²) < 4.78 is 16.4. The SMILES string of the molecule is CO[Si](OC)(OC)C(C)N1CCCC1. The predicted octanol–water partition coefficient (Wildman–Crippen LogP) is 0.888. The van der Waals surface area contributed by atoms with Crippen LogP contribution < -0.4 is 0 Å². The average molecular weight is 219 g/mol. The normalized spacial score (nSPS) is 21.4. The van der Waals surface area contributed by atoms with E-state index in [2.05, 4.69) is 11.8 Å². The molecule has 1 unspecified atom stereocenters. The molecule has 0 N–H and O–H groups in total. The van der Waals surface area contributed by atoms with Crippen LogP contribution in [0.5, 0.6) is 0 Å². The third kappa shape index (κ3) is 2.17. The van der Waals surface area contributed by atoms with Gasteiger partial charge in [-0.1, -0.05) is 0 Å². The lowest BCUT2D eigenvalue weighted by Gasteiger charge is -2.35. The summed E-state index contributed by atoms with van der Waals surface area (Å²) in [4.78, 5) is 2.39. The summed E-state index contributed by atoms with van der Waals surface area (Å²) in [5, 5.41) is 0. The molecular formula is C9H21NO3Si. The van der Waals surface area contributed by atoms with Crippen molar-refractivity contribution in [3.63, 3.8) is 0 Å². The van der Waals surface area contributed by atoms with E-state index in [1.54, 1.807) is 21.3 Å². The van der Waals surface area contributed by atoms with Crippen LogP contribution in [0.2, 0.25) is 0 Å². The Hall–Kier alpha value is 0.0569. The molecule has 1 atom stereocenters. The molecule has 0 amide bonds. The summed E-state index contributed by atoms with van der Waals surface area (Å²) in [5.41, 5.74) is 0.255. The van der Waals surface area contributed by atoms with Crippen LogP contribution in [0.15, 0.2) is 0 Å². The number of rotatable bonds is 5. The Kier molecular flexibility index (Phi) is 4.53. The fraction of sp³-hybridized carbons (Fsp3) is 1.00. The fourth-order valence-electron chi connectivity index (χ4n) is 2.11. The van der Waals surface area contributed by atoms with Crippen LogP contribution in [0.25, 0.3) is 0 Å². The molecule has 1 heterocycles. The molecule has 0 saturated carbocycles. The van der Waals surface area contributed by atoms with Crippen molar-refractivity contribution in [2.24, 2.45) is 0 Å². The van der Waals surface area contributed by atoms with Crippen LogP contribution >= 0.6 is 0 Å². The van der Waals surface area contributed by atoms with Gasteiger partial charge in [0.25, 0.3) is 0 Å². The van der Waals surface area contributed by atoms with E-state index in [0.29, 0.717) is 0 Å². The Morgan fingerprint density at radius 2 is 1.43 bits per heavy atom. The van der Waals surface area contributed by atoms with Gasteiger partial charge >= 0.3 is 8.80 Å². The maximum absolute atomic E-state index is 5.46. The zero-order valence-corrected chi connectivity index (χ0v) is 10.6. The van der Waals surface area contributed by atoms with Crippen molar-refractivity contribution in [2.75, 3.05) is 34.4 Å². The Labute approximate surface area is 87.5 Å². The fourth-order valence-corrected chi connectivity index (χ4v) is 4.34. The van der Waals surface area contributed by atoms with E-state index in [0.717, 1.165) is 13.1 Å². The molecule has 1 fully saturated rings. The highest BCUT2D eigenvalue weighted by Gasteiger charge is 2.48. The second-order valence-electron chi connectivity index (χ2n) is 3.63. The third-order valence-electron chi connectivity index (χ3n) is 3.05. The van der Waals surface area contributed by atoms with Crippen LogP contribution in [0.3, 0.4) is 0 Å². The molecule has 0 bridgehead atoms. The Bertz CT molecular complexity index is 161. The van der Waals surface area contributed by atoms with Crippen molar-refractivity contribution in [3.8, 4) is 0 Å². The minimum atomic E-state index is -2.46. The molecule has 1 saturated heterocycles. The van der Waals surface area contributed by atoms with Crippen LogP contribution in [0.1, 0.15) is 19.8 Å². The van der Waals surface area contributed by atoms with Crippen LogP contribution in [0.4, 0.5) is 0 Å². The van der Waals surface area contributed by atoms with E-state index in [4.69, 9.17) is 13.3 Å². The Balaban J connectivity index is 2.65. The number of nitrogens with zero attached hydrogens (tertiary/aromatic N) is 1. The summed E-state index contributed by atoms with van der Waals surface area (Å²) in [6, 6.07) is 0. The molecular weight excluding hydrogens is 198 g/mol. The van der Waals surface area contributed by atoms with E-state index < -0.39 is 8.80 Å². The second kappa shape index (κ2) is 5.23. The molecule has 0 aromatic heterocycles. The van der Waals surface area contributed by atoms with Crippen LogP contribution in [-0.4, -0.2) is 53.8 Å². The smallest absolute Gasteiger partial charge is 0.376 e. The lowest BCUT2D eigenvalue weighted by Crippen LogP contribution is -2.59. The van der Waals surface area contributed by atoms with Gasteiger partial charge in [-0.25, -0.2) is 0 Å². The standard InChI is InChI=1S/C9H21NO3Si/c1-9(10-7-5-6-8-10)14(11-2,12-3)13-4/h9H,5-8H2,1-4H3. The zero-order valence-electron chi connectivity index (χ0n) is 9.58. The molecule has 5 heteroatoms.